The summed E-state index contributed by atoms with van der Waals surface area (Å²) in [6.07, 6.45) is 2.07. The maximum Gasteiger partial charge on any atom is 0.270 e. The van der Waals surface area contributed by atoms with Crippen LogP contribution >= 0.6 is 0 Å². The van der Waals surface area contributed by atoms with E-state index in [0.717, 1.165) is 12.0 Å². The van der Waals surface area contributed by atoms with Gasteiger partial charge in [0.1, 0.15) is 11.5 Å². The SMILES string of the molecule is CCCc1c(C(=O)N2CCCN(C(=O)c3ccccc3F)CC2)[nH]c(C)c1C(C)=O. The maximum absolute atomic E-state index is 14.0. The van der Waals surface area contributed by atoms with Crippen molar-refractivity contribution in [2.24, 2.45) is 0 Å². The normalized spacial score (nSPS) is 14.5. The Kier molecular flexibility index (Phi) is 6.70. The fraction of sp³-hybridized carbons (Fsp3) is 0.435. The summed E-state index contributed by atoms with van der Waals surface area (Å²) in [5.74, 6) is -1.11. The van der Waals surface area contributed by atoms with Crippen LogP contribution in [0.15, 0.2) is 24.3 Å². The van der Waals surface area contributed by atoms with E-state index in [1.54, 1.807) is 21.9 Å². The molecule has 0 spiro atoms. The molecule has 0 unspecified atom stereocenters. The highest BCUT2D eigenvalue weighted by molar-refractivity contribution is 6.02. The van der Waals surface area contributed by atoms with Crippen LogP contribution in [-0.2, 0) is 6.42 Å². The molecule has 1 aromatic heterocycles. The van der Waals surface area contributed by atoms with Gasteiger partial charge in [-0.05, 0) is 44.4 Å². The van der Waals surface area contributed by atoms with Crippen molar-refractivity contribution in [3.05, 3.63) is 58.2 Å². The number of hydrogen-bond acceptors (Lipinski definition) is 3. The molecule has 0 radical (unpaired) electrons. The van der Waals surface area contributed by atoms with Crippen molar-refractivity contribution in [3.8, 4) is 0 Å². The lowest BCUT2D eigenvalue weighted by molar-refractivity contribution is 0.0713. The number of ketones is 1. The van der Waals surface area contributed by atoms with Crippen molar-refractivity contribution in [1.82, 2.24) is 14.8 Å². The van der Waals surface area contributed by atoms with Crippen LogP contribution in [0.3, 0.4) is 0 Å². The molecule has 1 saturated heterocycles. The van der Waals surface area contributed by atoms with Gasteiger partial charge in [-0.3, -0.25) is 14.4 Å². The zero-order valence-electron chi connectivity index (χ0n) is 17.8. The van der Waals surface area contributed by atoms with Crippen molar-refractivity contribution in [2.75, 3.05) is 26.2 Å². The van der Waals surface area contributed by atoms with Gasteiger partial charge in [0.05, 0.1) is 5.56 Å². The molecule has 2 heterocycles. The fourth-order valence-corrected chi connectivity index (χ4v) is 4.12. The Morgan fingerprint density at radius 3 is 2.27 bits per heavy atom. The number of nitrogens with zero attached hydrogens (tertiary/aromatic N) is 2. The van der Waals surface area contributed by atoms with Crippen molar-refractivity contribution in [2.45, 2.75) is 40.0 Å². The van der Waals surface area contributed by atoms with Crippen molar-refractivity contribution < 1.29 is 18.8 Å². The van der Waals surface area contributed by atoms with Crippen LogP contribution in [0.25, 0.3) is 0 Å². The molecule has 3 rings (SSSR count). The summed E-state index contributed by atoms with van der Waals surface area (Å²) in [5.41, 5.74) is 2.60. The van der Waals surface area contributed by atoms with E-state index in [4.69, 9.17) is 0 Å². The first kappa shape index (κ1) is 21.7. The van der Waals surface area contributed by atoms with Gasteiger partial charge in [0, 0.05) is 37.4 Å². The number of aromatic amines is 1. The second-order valence-corrected chi connectivity index (χ2v) is 7.70. The largest absolute Gasteiger partial charge is 0.354 e. The molecule has 160 valence electrons. The third-order valence-corrected chi connectivity index (χ3v) is 5.53. The van der Waals surface area contributed by atoms with E-state index >= 15 is 0 Å². The van der Waals surface area contributed by atoms with E-state index in [9.17, 15) is 18.8 Å². The van der Waals surface area contributed by atoms with Gasteiger partial charge in [-0.15, -0.1) is 0 Å². The van der Waals surface area contributed by atoms with Crippen LogP contribution < -0.4 is 0 Å². The number of amides is 2. The van der Waals surface area contributed by atoms with Gasteiger partial charge < -0.3 is 14.8 Å². The minimum Gasteiger partial charge on any atom is -0.354 e. The Morgan fingerprint density at radius 2 is 1.67 bits per heavy atom. The number of aromatic nitrogens is 1. The summed E-state index contributed by atoms with van der Waals surface area (Å²) in [6.45, 7) is 6.99. The summed E-state index contributed by atoms with van der Waals surface area (Å²) < 4.78 is 14.0. The molecular formula is C23H28FN3O3. The Morgan fingerprint density at radius 1 is 1.03 bits per heavy atom. The van der Waals surface area contributed by atoms with E-state index in [-0.39, 0.29) is 23.2 Å². The fourth-order valence-electron chi connectivity index (χ4n) is 4.12. The molecule has 30 heavy (non-hydrogen) atoms. The smallest absolute Gasteiger partial charge is 0.270 e. The third-order valence-electron chi connectivity index (χ3n) is 5.53. The van der Waals surface area contributed by atoms with Gasteiger partial charge in [0.15, 0.2) is 5.78 Å². The molecule has 0 aliphatic carbocycles. The van der Waals surface area contributed by atoms with E-state index in [2.05, 4.69) is 4.98 Å². The van der Waals surface area contributed by atoms with Crippen LogP contribution in [0.1, 0.15) is 69.2 Å². The van der Waals surface area contributed by atoms with E-state index < -0.39 is 5.82 Å². The van der Waals surface area contributed by atoms with Gasteiger partial charge in [0.2, 0.25) is 0 Å². The molecule has 1 aliphatic rings. The first-order valence-electron chi connectivity index (χ1n) is 10.4. The minimum atomic E-state index is -0.539. The number of carbonyl (C=O) groups excluding carboxylic acids is 3. The Labute approximate surface area is 176 Å². The highest BCUT2D eigenvalue weighted by Gasteiger charge is 2.28. The molecule has 0 saturated carbocycles. The number of Topliss-reactive ketones (excluding diaryl/α,β-unsaturated/α-hetero) is 1. The molecular weight excluding hydrogens is 385 g/mol. The van der Waals surface area contributed by atoms with Crippen LogP contribution in [0.2, 0.25) is 0 Å². The predicted octanol–water partition coefficient (Wildman–Crippen LogP) is 3.61. The lowest BCUT2D eigenvalue weighted by atomic mass is 10.0. The monoisotopic (exact) mass is 413 g/mol. The second-order valence-electron chi connectivity index (χ2n) is 7.70. The number of hydrogen-bond donors (Lipinski definition) is 1. The number of nitrogens with one attached hydrogen (secondary N) is 1. The van der Waals surface area contributed by atoms with Gasteiger partial charge >= 0.3 is 0 Å². The number of rotatable bonds is 5. The summed E-state index contributed by atoms with van der Waals surface area (Å²) in [6, 6.07) is 5.94. The van der Waals surface area contributed by atoms with E-state index in [1.807, 2.05) is 13.8 Å². The molecule has 0 bridgehead atoms. The number of carbonyl (C=O) groups is 3. The van der Waals surface area contributed by atoms with Gasteiger partial charge in [-0.2, -0.15) is 0 Å². The Bertz CT molecular complexity index is 967. The molecule has 7 heteroatoms. The highest BCUT2D eigenvalue weighted by Crippen LogP contribution is 2.23. The van der Waals surface area contributed by atoms with E-state index in [1.165, 1.54) is 19.1 Å². The van der Waals surface area contributed by atoms with Gasteiger partial charge in [0.25, 0.3) is 11.8 Å². The summed E-state index contributed by atoms with van der Waals surface area (Å²) in [5, 5.41) is 0. The predicted molar refractivity (Wildman–Crippen MR) is 112 cm³/mol. The average Bonchev–Trinajstić information content (AvgIpc) is 2.89. The number of benzene rings is 1. The highest BCUT2D eigenvalue weighted by atomic mass is 19.1. The van der Waals surface area contributed by atoms with Crippen LogP contribution in [0.4, 0.5) is 4.39 Å². The number of aryl methyl sites for hydroxylation is 1. The standard InChI is InChI=1S/C23H28FN3O3/c1-4-8-18-20(16(3)28)15(2)25-21(18)23(30)27-12-7-11-26(13-14-27)22(29)17-9-5-6-10-19(17)24/h5-6,9-10,25H,4,7-8,11-14H2,1-3H3. The molecule has 2 amide bonds. The van der Waals surface area contributed by atoms with Crippen LogP contribution in [-0.4, -0.2) is 58.6 Å². The lowest BCUT2D eigenvalue weighted by Crippen LogP contribution is -2.38. The number of halogens is 1. The van der Waals surface area contributed by atoms with Crippen molar-refractivity contribution in [3.63, 3.8) is 0 Å². The zero-order chi connectivity index (χ0) is 21.8. The Hall–Kier alpha value is -2.96. The minimum absolute atomic E-state index is 0.0496. The van der Waals surface area contributed by atoms with Crippen molar-refractivity contribution >= 4 is 17.6 Å². The molecule has 1 N–H and O–H groups in total. The number of H-pyrrole nitrogens is 1. The third kappa shape index (κ3) is 4.30. The average molecular weight is 413 g/mol. The molecule has 1 aromatic carbocycles. The summed E-state index contributed by atoms with van der Waals surface area (Å²) in [7, 11) is 0. The van der Waals surface area contributed by atoms with Crippen LogP contribution in [0.5, 0.6) is 0 Å². The quantitative estimate of drug-likeness (QED) is 0.761. The molecule has 2 aromatic rings. The lowest BCUT2D eigenvalue weighted by Gasteiger charge is -2.22. The summed E-state index contributed by atoms with van der Waals surface area (Å²) >= 11 is 0. The second kappa shape index (κ2) is 9.24. The van der Waals surface area contributed by atoms with Gasteiger partial charge in [-0.25, -0.2) is 4.39 Å². The first-order chi connectivity index (χ1) is 14.3. The van der Waals surface area contributed by atoms with E-state index in [0.29, 0.717) is 56.0 Å². The zero-order valence-corrected chi connectivity index (χ0v) is 17.8. The maximum atomic E-state index is 14.0. The van der Waals surface area contributed by atoms with Crippen LogP contribution in [0, 0.1) is 12.7 Å². The summed E-state index contributed by atoms with van der Waals surface area (Å²) in [4.78, 5) is 44.5. The molecule has 0 atom stereocenters. The molecule has 1 fully saturated rings. The molecule has 1 aliphatic heterocycles. The van der Waals surface area contributed by atoms with Crippen molar-refractivity contribution in [1.29, 1.82) is 0 Å². The van der Waals surface area contributed by atoms with Gasteiger partial charge in [-0.1, -0.05) is 25.5 Å². The first-order valence-corrected chi connectivity index (χ1v) is 10.4. The molecule has 6 nitrogen and oxygen atoms in total. The Balaban J connectivity index is 1.78. The topological polar surface area (TPSA) is 73.5 Å².